The lowest BCUT2D eigenvalue weighted by Gasteiger charge is -2.23. The second-order valence-electron chi connectivity index (χ2n) is 5.56. The van der Waals surface area contributed by atoms with Crippen molar-refractivity contribution in [2.24, 2.45) is 5.92 Å². The number of benzene rings is 1. The third kappa shape index (κ3) is 2.77. The van der Waals surface area contributed by atoms with Gasteiger partial charge < -0.3 is 5.73 Å². The lowest BCUT2D eigenvalue weighted by atomic mass is 10.3. The number of rotatable bonds is 5. The van der Waals surface area contributed by atoms with Crippen molar-refractivity contribution in [2.75, 3.05) is 12.3 Å². The van der Waals surface area contributed by atoms with Crippen molar-refractivity contribution >= 4 is 38.9 Å². The Morgan fingerprint density at radius 2 is 1.85 bits per heavy atom. The largest absolute Gasteiger partial charge is 0.398 e. The highest BCUT2D eigenvalue weighted by atomic mass is 35.5. The minimum absolute atomic E-state index is 0.00360. The summed E-state index contributed by atoms with van der Waals surface area (Å²) in [5.41, 5.74) is 5.95. The molecular formula is C13H16Cl2N2O2S. The zero-order valence-corrected chi connectivity index (χ0v) is 13.2. The molecular weight excluding hydrogens is 319 g/mol. The van der Waals surface area contributed by atoms with Crippen LogP contribution in [0.1, 0.15) is 25.7 Å². The highest BCUT2D eigenvalue weighted by Gasteiger charge is 2.42. The first-order valence-electron chi connectivity index (χ1n) is 6.66. The second kappa shape index (κ2) is 5.05. The minimum Gasteiger partial charge on any atom is -0.398 e. The molecule has 2 fully saturated rings. The number of nitrogens with zero attached hydrogens (tertiary/aromatic N) is 1. The zero-order valence-electron chi connectivity index (χ0n) is 10.9. The van der Waals surface area contributed by atoms with Gasteiger partial charge in [-0.2, -0.15) is 4.31 Å². The van der Waals surface area contributed by atoms with Gasteiger partial charge in [0.1, 0.15) is 4.90 Å². The summed E-state index contributed by atoms with van der Waals surface area (Å²) in [4.78, 5) is -0.00360. The normalized spacial score (nSPS) is 19.6. The fraction of sp³-hybridized carbons (Fsp3) is 0.538. The summed E-state index contributed by atoms with van der Waals surface area (Å²) < 4.78 is 27.3. The molecule has 0 aromatic heterocycles. The van der Waals surface area contributed by atoms with Gasteiger partial charge in [0.2, 0.25) is 10.0 Å². The number of halogens is 2. The van der Waals surface area contributed by atoms with Gasteiger partial charge in [-0.25, -0.2) is 8.42 Å². The van der Waals surface area contributed by atoms with E-state index < -0.39 is 10.0 Å². The Labute approximate surface area is 128 Å². The van der Waals surface area contributed by atoms with E-state index in [1.165, 1.54) is 12.1 Å². The monoisotopic (exact) mass is 334 g/mol. The molecule has 0 spiro atoms. The highest BCUT2D eigenvalue weighted by molar-refractivity contribution is 7.89. The van der Waals surface area contributed by atoms with Crippen LogP contribution in [-0.2, 0) is 10.0 Å². The van der Waals surface area contributed by atoms with Gasteiger partial charge in [0.15, 0.2) is 0 Å². The Kier molecular flexibility index (Phi) is 3.65. The van der Waals surface area contributed by atoms with Gasteiger partial charge in [-0.1, -0.05) is 23.2 Å². The molecule has 1 aromatic rings. The van der Waals surface area contributed by atoms with E-state index in [1.807, 2.05) is 0 Å². The second-order valence-corrected chi connectivity index (χ2v) is 8.23. The van der Waals surface area contributed by atoms with Crippen LogP contribution in [0.5, 0.6) is 0 Å². The van der Waals surface area contributed by atoms with Crippen molar-refractivity contribution in [3.8, 4) is 0 Å². The van der Waals surface area contributed by atoms with Crippen LogP contribution in [0.3, 0.4) is 0 Å². The first kappa shape index (κ1) is 14.4. The van der Waals surface area contributed by atoms with Gasteiger partial charge >= 0.3 is 0 Å². The Balaban J connectivity index is 2.01. The predicted molar refractivity (Wildman–Crippen MR) is 80.5 cm³/mol. The summed E-state index contributed by atoms with van der Waals surface area (Å²) in [6, 6.07) is 2.96. The van der Waals surface area contributed by atoms with Crippen molar-refractivity contribution in [1.29, 1.82) is 0 Å². The van der Waals surface area contributed by atoms with Gasteiger partial charge in [-0.15, -0.1) is 0 Å². The molecule has 4 nitrogen and oxygen atoms in total. The lowest BCUT2D eigenvalue weighted by Crippen LogP contribution is -2.35. The molecule has 20 heavy (non-hydrogen) atoms. The summed E-state index contributed by atoms with van der Waals surface area (Å²) in [5.74, 6) is 0.484. The molecule has 0 saturated heterocycles. The van der Waals surface area contributed by atoms with Crippen LogP contribution in [-0.4, -0.2) is 25.3 Å². The van der Waals surface area contributed by atoms with Crippen LogP contribution < -0.4 is 5.73 Å². The van der Waals surface area contributed by atoms with Gasteiger partial charge in [-0.3, -0.25) is 0 Å². The molecule has 0 radical (unpaired) electrons. The highest BCUT2D eigenvalue weighted by Crippen LogP contribution is 2.41. The molecule has 0 heterocycles. The molecule has 0 unspecified atom stereocenters. The fourth-order valence-electron chi connectivity index (χ4n) is 2.33. The van der Waals surface area contributed by atoms with Crippen LogP contribution in [0.15, 0.2) is 17.0 Å². The third-order valence-electron chi connectivity index (χ3n) is 3.69. The van der Waals surface area contributed by atoms with Crippen LogP contribution in [0.25, 0.3) is 0 Å². The standard InChI is InChI=1S/C13H16Cl2N2O2S/c14-9-5-11(15)13(12(16)6-9)20(18,19)17(10-3-4-10)7-8-1-2-8/h5-6,8,10H,1-4,7,16H2. The molecule has 110 valence electrons. The summed E-state index contributed by atoms with van der Waals surface area (Å²) in [6.45, 7) is 0.575. The van der Waals surface area contributed by atoms with E-state index in [0.717, 1.165) is 25.7 Å². The average Bonchev–Trinajstić information content (AvgIpc) is 3.18. The fourth-order valence-corrected chi connectivity index (χ4v) is 5.04. The van der Waals surface area contributed by atoms with E-state index >= 15 is 0 Å². The number of nitrogen functional groups attached to an aromatic ring is 1. The molecule has 2 aliphatic carbocycles. The Hall–Kier alpha value is -0.490. The number of anilines is 1. The molecule has 2 aliphatic rings. The number of nitrogens with two attached hydrogens (primary N) is 1. The number of hydrogen-bond donors (Lipinski definition) is 1. The molecule has 0 bridgehead atoms. The van der Waals surface area contributed by atoms with E-state index in [1.54, 1.807) is 4.31 Å². The van der Waals surface area contributed by atoms with Gasteiger partial charge in [0, 0.05) is 17.6 Å². The number of sulfonamides is 1. The third-order valence-corrected chi connectivity index (χ3v) is 6.36. The Bertz CT molecular complexity index is 617. The molecule has 7 heteroatoms. The van der Waals surface area contributed by atoms with E-state index in [2.05, 4.69) is 0 Å². The number of hydrogen-bond acceptors (Lipinski definition) is 3. The van der Waals surface area contributed by atoms with Crippen LogP contribution in [0.2, 0.25) is 10.0 Å². The van der Waals surface area contributed by atoms with Crippen molar-refractivity contribution in [3.05, 3.63) is 22.2 Å². The topological polar surface area (TPSA) is 63.4 Å². The quantitative estimate of drug-likeness (QED) is 0.841. The Morgan fingerprint density at radius 1 is 1.20 bits per heavy atom. The molecule has 0 atom stereocenters. The van der Waals surface area contributed by atoms with Crippen LogP contribution in [0, 0.1) is 5.92 Å². The molecule has 1 aromatic carbocycles. The van der Waals surface area contributed by atoms with E-state index in [0.29, 0.717) is 17.5 Å². The SMILES string of the molecule is Nc1cc(Cl)cc(Cl)c1S(=O)(=O)N(CC1CC1)C1CC1. The molecule has 0 aliphatic heterocycles. The summed E-state index contributed by atoms with van der Waals surface area (Å²) in [7, 11) is -3.65. The van der Waals surface area contributed by atoms with Crippen molar-refractivity contribution in [2.45, 2.75) is 36.6 Å². The van der Waals surface area contributed by atoms with Crippen LogP contribution >= 0.6 is 23.2 Å². The van der Waals surface area contributed by atoms with Gasteiger partial charge in [0.05, 0.1) is 10.7 Å². The average molecular weight is 335 g/mol. The maximum Gasteiger partial charge on any atom is 0.246 e. The molecule has 3 rings (SSSR count). The Morgan fingerprint density at radius 3 is 2.35 bits per heavy atom. The van der Waals surface area contributed by atoms with Crippen molar-refractivity contribution in [1.82, 2.24) is 4.31 Å². The maximum atomic E-state index is 12.8. The predicted octanol–water partition coefficient (Wildman–Crippen LogP) is 3.14. The summed E-state index contributed by atoms with van der Waals surface area (Å²) in [5, 5.41) is 0.433. The molecule has 0 amide bonds. The van der Waals surface area contributed by atoms with Gasteiger partial charge in [0.25, 0.3) is 0 Å². The smallest absolute Gasteiger partial charge is 0.246 e. The molecule has 2 N–H and O–H groups in total. The van der Waals surface area contributed by atoms with Crippen LogP contribution in [0.4, 0.5) is 5.69 Å². The van der Waals surface area contributed by atoms with Crippen molar-refractivity contribution < 1.29 is 8.42 Å². The maximum absolute atomic E-state index is 12.8. The van der Waals surface area contributed by atoms with E-state index in [4.69, 9.17) is 28.9 Å². The first-order chi connectivity index (χ1) is 9.39. The van der Waals surface area contributed by atoms with E-state index in [9.17, 15) is 8.42 Å². The first-order valence-corrected chi connectivity index (χ1v) is 8.85. The van der Waals surface area contributed by atoms with Gasteiger partial charge in [-0.05, 0) is 43.7 Å². The summed E-state index contributed by atoms with van der Waals surface area (Å²) >= 11 is 11.9. The lowest BCUT2D eigenvalue weighted by molar-refractivity contribution is 0.389. The zero-order chi connectivity index (χ0) is 14.5. The van der Waals surface area contributed by atoms with Crippen molar-refractivity contribution in [3.63, 3.8) is 0 Å². The van der Waals surface area contributed by atoms with E-state index in [-0.39, 0.29) is 21.6 Å². The summed E-state index contributed by atoms with van der Waals surface area (Å²) in [6.07, 6.45) is 4.03. The minimum atomic E-state index is -3.65. The molecule has 2 saturated carbocycles.